The van der Waals surface area contributed by atoms with Crippen molar-refractivity contribution in [1.29, 1.82) is 0 Å². The van der Waals surface area contributed by atoms with Crippen LogP contribution in [0, 0.1) is 0 Å². The Hall–Kier alpha value is -2.48. The molecule has 1 amide bonds. The van der Waals surface area contributed by atoms with Gasteiger partial charge in [-0.2, -0.15) is 0 Å². The van der Waals surface area contributed by atoms with Crippen LogP contribution in [0.2, 0.25) is 0 Å². The van der Waals surface area contributed by atoms with Crippen LogP contribution in [0.3, 0.4) is 0 Å². The maximum absolute atomic E-state index is 12.5. The van der Waals surface area contributed by atoms with Crippen LogP contribution >= 0.6 is 0 Å². The highest BCUT2D eigenvalue weighted by atomic mass is 16.5. The molecule has 23 heavy (non-hydrogen) atoms. The number of ether oxygens (including phenoxy) is 1. The number of carbonyl (C=O) groups is 1. The molecule has 3 heterocycles. The molecule has 0 saturated carbocycles. The van der Waals surface area contributed by atoms with Crippen molar-refractivity contribution in [2.45, 2.75) is 19.9 Å². The van der Waals surface area contributed by atoms with Crippen LogP contribution in [-0.4, -0.2) is 51.6 Å². The molecule has 0 unspecified atom stereocenters. The van der Waals surface area contributed by atoms with Crippen molar-refractivity contribution < 1.29 is 9.53 Å². The summed E-state index contributed by atoms with van der Waals surface area (Å²) in [5, 5.41) is 0.247. The maximum atomic E-state index is 12.5. The Morgan fingerprint density at radius 1 is 1.35 bits per heavy atom. The van der Waals surface area contributed by atoms with E-state index in [1.807, 2.05) is 6.92 Å². The van der Waals surface area contributed by atoms with E-state index in [-0.39, 0.29) is 11.3 Å². The summed E-state index contributed by atoms with van der Waals surface area (Å²) in [7, 11) is 0. The molecule has 0 aromatic carbocycles. The molecule has 1 fully saturated rings. The minimum absolute atomic E-state index is 0.185. The third-order valence-corrected chi connectivity index (χ3v) is 3.83. The highest BCUT2D eigenvalue weighted by Crippen LogP contribution is 2.11. The van der Waals surface area contributed by atoms with Crippen LogP contribution in [0.25, 0.3) is 11.0 Å². The predicted octanol–water partition coefficient (Wildman–Crippen LogP) is -0.0328. The van der Waals surface area contributed by atoms with Crippen molar-refractivity contribution >= 4 is 16.9 Å². The maximum Gasteiger partial charge on any atom is 0.329 e. The van der Waals surface area contributed by atoms with Gasteiger partial charge in [0, 0.05) is 25.8 Å². The first-order valence-electron chi connectivity index (χ1n) is 7.61. The number of hydrogen-bond donors (Lipinski definition) is 1. The average molecular weight is 318 g/mol. The van der Waals surface area contributed by atoms with Crippen LogP contribution in [0.15, 0.2) is 21.9 Å². The van der Waals surface area contributed by atoms with Gasteiger partial charge in [0.15, 0.2) is 0 Å². The number of fused-ring (bicyclic) bond motifs is 1. The Balaban J connectivity index is 2.06. The number of nitrogens with zero attached hydrogens (tertiary/aromatic N) is 3. The van der Waals surface area contributed by atoms with Gasteiger partial charge in [-0.25, -0.2) is 9.78 Å². The number of pyridine rings is 1. The average Bonchev–Trinajstić information content (AvgIpc) is 2.58. The molecule has 2 aromatic rings. The van der Waals surface area contributed by atoms with Crippen LogP contribution < -0.4 is 11.2 Å². The number of aryl methyl sites for hydroxylation is 1. The third-order valence-electron chi connectivity index (χ3n) is 3.83. The zero-order chi connectivity index (χ0) is 16.4. The minimum Gasteiger partial charge on any atom is -0.378 e. The second-order valence-corrected chi connectivity index (χ2v) is 5.41. The molecule has 0 aliphatic carbocycles. The van der Waals surface area contributed by atoms with Gasteiger partial charge in [0.05, 0.1) is 24.2 Å². The normalized spacial score (nSPS) is 15.1. The topological polar surface area (TPSA) is 97.3 Å². The van der Waals surface area contributed by atoms with Crippen molar-refractivity contribution in [2.24, 2.45) is 0 Å². The van der Waals surface area contributed by atoms with Crippen LogP contribution in [0.1, 0.15) is 23.7 Å². The highest BCUT2D eigenvalue weighted by Gasteiger charge is 2.20. The van der Waals surface area contributed by atoms with Gasteiger partial charge in [-0.3, -0.25) is 19.1 Å². The SMILES string of the molecule is CCCn1c(=O)[nH]c(=O)c2cc(C(=O)N3CCOCC3)cnc21. The van der Waals surface area contributed by atoms with E-state index < -0.39 is 11.2 Å². The standard InChI is InChI=1S/C15H18N4O4/c1-2-3-19-12-11(13(20)17-15(19)22)8-10(9-16-12)14(21)18-4-6-23-7-5-18/h8-9H,2-7H2,1H3,(H,17,20,22). The first kappa shape index (κ1) is 15.4. The summed E-state index contributed by atoms with van der Waals surface area (Å²) in [4.78, 5) is 44.6. The Bertz CT molecular complexity index is 849. The number of aromatic nitrogens is 3. The van der Waals surface area contributed by atoms with E-state index in [0.29, 0.717) is 44.1 Å². The van der Waals surface area contributed by atoms with Crippen molar-refractivity contribution in [2.75, 3.05) is 26.3 Å². The fraction of sp³-hybridized carbons (Fsp3) is 0.467. The Morgan fingerprint density at radius 3 is 2.78 bits per heavy atom. The largest absolute Gasteiger partial charge is 0.378 e. The molecular weight excluding hydrogens is 300 g/mol. The molecular formula is C15H18N4O4. The number of rotatable bonds is 3. The van der Waals surface area contributed by atoms with Gasteiger partial charge in [0.25, 0.3) is 11.5 Å². The lowest BCUT2D eigenvalue weighted by Gasteiger charge is -2.26. The molecule has 3 rings (SSSR count). The second kappa shape index (κ2) is 6.33. The zero-order valence-corrected chi connectivity index (χ0v) is 12.9. The fourth-order valence-corrected chi connectivity index (χ4v) is 2.66. The van der Waals surface area contributed by atoms with Gasteiger partial charge >= 0.3 is 5.69 Å². The lowest BCUT2D eigenvalue weighted by atomic mass is 10.2. The monoisotopic (exact) mass is 318 g/mol. The quantitative estimate of drug-likeness (QED) is 0.857. The summed E-state index contributed by atoms with van der Waals surface area (Å²) in [5.74, 6) is -0.185. The zero-order valence-electron chi connectivity index (χ0n) is 12.9. The van der Waals surface area contributed by atoms with E-state index >= 15 is 0 Å². The number of H-pyrrole nitrogens is 1. The second-order valence-electron chi connectivity index (χ2n) is 5.41. The number of amides is 1. The van der Waals surface area contributed by atoms with Crippen LogP contribution in [-0.2, 0) is 11.3 Å². The van der Waals surface area contributed by atoms with Gasteiger partial charge in [0.1, 0.15) is 5.65 Å². The van der Waals surface area contributed by atoms with Gasteiger partial charge in [-0.15, -0.1) is 0 Å². The van der Waals surface area contributed by atoms with E-state index in [2.05, 4.69) is 9.97 Å². The molecule has 1 N–H and O–H groups in total. The Labute approximate surface area is 131 Å². The summed E-state index contributed by atoms with van der Waals surface area (Å²) in [5.41, 5.74) is -0.365. The highest BCUT2D eigenvalue weighted by molar-refractivity contribution is 5.96. The molecule has 1 aliphatic heterocycles. The molecule has 0 atom stereocenters. The van der Waals surface area contributed by atoms with Crippen LogP contribution in [0.5, 0.6) is 0 Å². The van der Waals surface area contributed by atoms with Crippen molar-refractivity contribution in [3.8, 4) is 0 Å². The summed E-state index contributed by atoms with van der Waals surface area (Å²) < 4.78 is 6.64. The lowest BCUT2D eigenvalue weighted by Crippen LogP contribution is -2.40. The van der Waals surface area contributed by atoms with Crippen molar-refractivity contribution in [3.05, 3.63) is 38.7 Å². The first-order chi connectivity index (χ1) is 11.1. The molecule has 0 spiro atoms. The molecule has 8 heteroatoms. The molecule has 0 radical (unpaired) electrons. The van der Waals surface area contributed by atoms with E-state index in [1.54, 1.807) is 4.90 Å². The molecule has 122 valence electrons. The van der Waals surface area contributed by atoms with Gasteiger partial charge in [0.2, 0.25) is 0 Å². The number of aromatic amines is 1. The Morgan fingerprint density at radius 2 is 2.09 bits per heavy atom. The predicted molar refractivity (Wildman–Crippen MR) is 83.6 cm³/mol. The smallest absolute Gasteiger partial charge is 0.329 e. The van der Waals surface area contributed by atoms with Crippen molar-refractivity contribution in [3.63, 3.8) is 0 Å². The molecule has 1 aliphatic rings. The Kier molecular flexibility index (Phi) is 4.24. The summed E-state index contributed by atoms with van der Waals surface area (Å²) in [6, 6.07) is 1.50. The minimum atomic E-state index is -0.526. The molecule has 2 aromatic heterocycles. The molecule has 8 nitrogen and oxygen atoms in total. The van der Waals surface area contributed by atoms with E-state index in [1.165, 1.54) is 16.8 Å². The number of carbonyl (C=O) groups excluding carboxylic acids is 1. The molecule has 1 saturated heterocycles. The summed E-state index contributed by atoms with van der Waals surface area (Å²) in [6.45, 7) is 4.42. The number of morpholine rings is 1. The number of nitrogens with one attached hydrogen (secondary N) is 1. The number of hydrogen-bond acceptors (Lipinski definition) is 5. The molecule has 0 bridgehead atoms. The van der Waals surface area contributed by atoms with Gasteiger partial charge in [-0.1, -0.05) is 6.92 Å². The van der Waals surface area contributed by atoms with E-state index in [4.69, 9.17) is 4.74 Å². The van der Waals surface area contributed by atoms with Crippen molar-refractivity contribution in [1.82, 2.24) is 19.4 Å². The van der Waals surface area contributed by atoms with E-state index in [9.17, 15) is 14.4 Å². The summed E-state index contributed by atoms with van der Waals surface area (Å²) in [6.07, 6.45) is 2.16. The third kappa shape index (κ3) is 2.89. The van der Waals surface area contributed by atoms with Gasteiger partial charge < -0.3 is 9.64 Å². The van der Waals surface area contributed by atoms with Gasteiger partial charge in [-0.05, 0) is 12.5 Å². The van der Waals surface area contributed by atoms with E-state index in [0.717, 1.165) is 6.42 Å². The summed E-state index contributed by atoms with van der Waals surface area (Å²) >= 11 is 0. The fourth-order valence-electron chi connectivity index (χ4n) is 2.66. The van der Waals surface area contributed by atoms with Crippen LogP contribution in [0.4, 0.5) is 0 Å². The lowest BCUT2D eigenvalue weighted by molar-refractivity contribution is 0.0302. The first-order valence-corrected chi connectivity index (χ1v) is 7.61.